The molecular formula is C19H24BrNO. The van der Waals surface area contributed by atoms with Gasteiger partial charge in [0.15, 0.2) is 0 Å². The van der Waals surface area contributed by atoms with E-state index < -0.39 is 0 Å². The summed E-state index contributed by atoms with van der Waals surface area (Å²) in [7, 11) is 0. The second kappa shape index (κ2) is 7.01. The molecule has 0 saturated carbocycles. The molecule has 0 spiro atoms. The van der Waals surface area contributed by atoms with Crippen LogP contribution >= 0.6 is 15.9 Å². The van der Waals surface area contributed by atoms with Gasteiger partial charge in [0.25, 0.3) is 0 Å². The zero-order valence-electron chi connectivity index (χ0n) is 13.4. The Bertz CT molecular complexity index is 632. The molecule has 0 aliphatic carbocycles. The summed E-state index contributed by atoms with van der Waals surface area (Å²) in [5.41, 5.74) is 0. The van der Waals surface area contributed by atoms with Gasteiger partial charge in [0.1, 0.15) is 12.4 Å². The van der Waals surface area contributed by atoms with E-state index in [2.05, 4.69) is 71.1 Å². The highest BCUT2D eigenvalue weighted by Gasteiger charge is 2.24. The molecule has 1 aliphatic rings. The maximum atomic E-state index is 6.00. The monoisotopic (exact) mass is 361 g/mol. The van der Waals surface area contributed by atoms with Crippen molar-refractivity contribution in [2.45, 2.75) is 45.2 Å². The van der Waals surface area contributed by atoms with Gasteiger partial charge in [0, 0.05) is 23.1 Å². The second-order valence-electron chi connectivity index (χ2n) is 6.37. The van der Waals surface area contributed by atoms with Crippen LogP contribution in [0, 0.1) is 0 Å². The molecule has 0 aromatic heterocycles. The molecule has 3 heteroatoms. The average molecular weight is 362 g/mol. The first-order valence-electron chi connectivity index (χ1n) is 8.21. The number of nitrogens with zero attached hydrogens (tertiary/aromatic N) is 1. The Morgan fingerprint density at radius 2 is 1.77 bits per heavy atom. The number of rotatable bonds is 4. The Morgan fingerprint density at radius 3 is 2.55 bits per heavy atom. The fraction of sp³-hybridized carbons (Fsp3) is 0.474. The molecule has 2 aromatic rings. The van der Waals surface area contributed by atoms with E-state index in [0.29, 0.717) is 12.1 Å². The standard InChI is InChI=1S/C19H24BrNO/c1-14-4-3-5-15(2)21(14)10-11-22-19-9-7-16-6-8-18(20)12-17(16)13-19/h6-9,12-15H,3-5,10-11H2,1-2H3/t14-,15+. The first-order chi connectivity index (χ1) is 10.6. The normalized spacial score (nSPS) is 22.9. The molecule has 3 rings (SSSR count). The van der Waals surface area contributed by atoms with Crippen LogP contribution in [0.2, 0.25) is 0 Å². The van der Waals surface area contributed by atoms with Crippen LogP contribution in [0.25, 0.3) is 10.8 Å². The van der Waals surface area contributed by atoms with Crippen LogP contribution < -0.4 is 4.74 Å². The molecule has 0 bridgehead atoms. The number of piperidine rings is 1. The van der Waals surface area contributed by atoms with E-state index in [1.165, 1.54) is 30.0 Å². The van der Waals surface area contributed by atoms with Gasteiger partial charge in [0.05, 0.1) is 0 Å². The molecule has 2 aromatic carbocycles. The van der Waals surface area contributed by atoms with Crippen LogP contribution in [-0.2, 0) is 0 Å². The van der Waals surface area contributed by atoms with Gasteiger partial charge in [-0.2, -0.15) is 0 Å². The number of benzene rings is 2. The summed E-state index contributed by atoms with van der Waals surface area (Å²) in [5, 5.41) is 2.46. The minimum Gasteiger partial charge on any atom is -0.492 e. The fourth-order valence-electron chi connectivity index (χ4n) is 3.47. The van der Waals surface area contributed by atoms with Crippen LogP contribution in [0.3, 0.4) is 0 Å². The topological polar surface area (TPSA) is 12.5 Å². The summed E-state index contributed by atoms with van der Waals surface area (Å²) in [6, 6.07) is 14.0. The Hall–Kier alpha value is -1.06. The Labute approximate surface area is 141 Å². The van der Waals surface area contributed by atoms with E-state index in [0.717, 1.165) is 23.4 Å². The molecule has 1 saturated heterocycles. The lowest BCUT2D eigenvalue weighted by Crippen LogP contribution is -2.45. The lowest BCUT2D eigenvalue weighted by Gasteiger charge is -2.38. The maximum Gasteiger partial charge on any atom is 0.120 e. The third-order valence-corrected chi connectivity index (χ3v) is 5.26. The minimum absolute atomic E-state index is 0.680. The van der Waals surface area contributed by atoms with Crippen molar-refractivity contribution in [2.75, 3.05) is 13.2 Å². The van der Waals surface area contributed by atoms with Gasteiger partial charge < -0.3 is 4.74 Å². The molecule has 1 heterocycles. The molecule has 1 fully saturated rings. The first-order valence-corrected chi connectivity index (χ1v) is 9.00. The number of halogens is 1. The highest BCUT2D eigenvalue weighted by atomic mass is 79.9. The number of fused-ring (bicyclic) bond motifs is 1. The van der Waals surface area contributed by atoms with Crippen LogP contribution in [0.5, 0.6) is 5.75 Å². The van der Waals surface area contributed by atoms with Gasteiger partial charge in [-0.1, -0.05) is 34.5 Å². The van der Waals surface area contributed by atoms with E-state index >= 15 is 0 Å². The number of likely N-dealkylation sites (tertiary alicyclic amines) is 1. The minimum atomic E-state index is 0.680. The highest BCUT2D eigenvalue weighted by molar-refractivity contribution is 9.10. The van der Waals surface area contributed by atoms with Crippen molar-refractivity contribution >= 4 is 26.7 Å². The summed E-state index contributed by atoms with van der Waals surface area (Å²) in [5.74, 6) is 0.961. The van der Waals surface area contributed by atoms with Crippen molar-refractivity contribution in [1.82, 2.24) is 4.90 Å². The number of hydrogen-bond acceptors (Lipinski definition) is 2. The summed E-state index contributed by atoms with van der Waals surface area (Å²) in [6.45, 7) is 6.44. The summed E-state index contributed by atoms with van der Waals surface area (Å²) in [4.78, 5) is 2.58. The average Bonchev–Trinajstić information content (AvgIpc) is 2.50. The van der Waals surface area contributed by atoms with Gasteiger partial charge in [-0.05, 0) is 61.7 Å². The van der Waals surface area contributed by atoms with Gasteiger partial charge in [-0.15, -0.1) is 0 Å². The molecule has 0 amide bonds. The zero-order valence-corrected chi connectivity index (χ0v) is 15.0. The zero-order chi connectivity index (χ0) is 15.5. The van der Waals surface area contributed by atoms with E-state index in [1.807, 2.05) is 0 Å². The van der Waals surface area contributed by atoms with Crippen molar-refractivity contribution in [3.05, 3.63) is 40.9 Å². The van der Waals surface area contributed by atoms with Crippen molar-refractivity contribution in [3.63, 3.8) is 0 Å². The Morgan fingerprint density at radius 1 is 1.05 bits per heavy atom. The van der Waals surface area contributed by atoms with Crippen LogP contribution in [0.4, 0.5) is 0 Å². The molecule has 2 nitrogen and oxygen atoms in total. The lowest BCUT2D eigenvalue weighted by atomic mass is 9.98. The van der Waals surface area contributed by atoms with E-state index in [4.69, 9.17) is 4.74 Å². The lowest BCUT2D eigenvalue weighted by molar-refractivity contribution is 0.0852. The van der Waals surface area contributed by atoms with Gasteiger partial charge in [-0.25, -0.2) is 0 Å². The van der Waals surface area contributed by atoms with Crippen molar-refractivity contribution in [2.24, 2.45) is 0 Å². The third-order valence-electron chi connectivity index (χ3n) is 4.77. The van der Waals surface area contributed by atoms with Gasteiger partial charge in [0.2, 0.25) is 0 Å². The fourth-order valence-corrected chi connectivity index (χ4v) is 3.85. The number of ether oxygens (including phenoxy) is 1. The third kappa shape index (κ3) is 3.64. The molecule has 118 valence electrons. The second-order valence-corrected chi connectivity index (χ2v) is 7.28. The van der Waals surface area contributed by atoms with E-state index in [9.17, 15) is 0 Å². The molecule has 0 N–H and O–H groups in total. The van der Waals surface area contributed by atoms with Crippen molar-refractivity contribution < 1.29 is 4.74 Å². The summed E-state index contributed by atoms with van der Waals surface area (Å²) < 4.78 is 7.10. The van der Waals surface area contributed by atoms with E-state index in [1.54, 1.807) is 0 Å². The quantitative estimate of drug-likeness (QED) is 0.737. The molecule has 0 radical (unpaired) electrons. The molecule has 1 aliphatic heterocycles. The maximum absolute atomic E-state index is 6.00. The Balaban J connectivity index is 1.61. The van der Waals surface area contributed by atoms with Crippen molar-refractivity contribution in [1.29, 1.82) is 0 Å². The Kier molecular flexibility index (Phi) is 5.04. The van der Waals surface area contributed by atoms with Crippen LogP contribution in [0.1, 0.15) is 33.1 Å². The predicted octanol–water partition coefficient (Wildman–Crippen LogP) is 5.24. The summed E-state index contributed by atoms with van der Waals surface area (Å²) in [6.07, 6.45) is 3.99. The van der Waals surface area contributed by atoms with Crippen molar-refractivity contribution in [3.8, 4) is 5.75 Å². The van der Waals surface area contributed by atoms with Gasteiger partial charge in [-0.3, -0.25) is 4.90 Å². The first kappa shape index (κ1) is 15.8. The van der Waals surface area contributed by atoms with Crippen LogP contribution in [-0.4, -0.2) is 30.1 Å². The number of hydrogen-bond donors (Lipinski definition) is 0. The smallest absolute Gasteiger partial charge is 0.120 e. The van der Waals surface area contributed by atoms with Gasteiger partial charge >= 0.3 is 0 Å². The van der Waals surface area contributed by atoms with Crippen LogP contribution in [0.15, 0.2) is 40.9 Å². The molecular weight excluding hydrogens is 338 g/mol. The van der Waals surface area contributed by atoms with E-state index in [-0.39, 0.29) is 0 Å². The predicted molar refractivity (Wildman–Crippen MR) is 96.6 cm³/mol. The molecule has 0 unspecified atom stereocenters. The molecule has 2 atom stereocenters. The largest absolute Gasteiger partial charge is 0.492 e. The molecule has 22 heavy (non-hydrogen) atoms. The summed E-state index contributed by atoms with van der Waals surface area (Å²) >= 11 is 3.53. The SMILES string of the molecule is C[C@@H]1CCC[C@H](C)N1CCOc1ccc2ccc(Br)cc2c1. The highest BCUT2D eigenvalue weighted by Crippen LogP contribution is 2.25.